The molecular formula is C13H18ClNO2. The van der Waals surface area contributed by atoms with Gasteiger partial charge in [0.2, 0.25) is 0 Å². The van der Waals surface area contributed by atoms with Gasteiger partial charge in [-0.05, 0) is 31.3 Å². The number of ether oxygens (including phenoxy) is 1. The highest BCUT2D eigenvalue weighted by molar-refractivity contribution is 6.30. The van der Waals surface area contributed by atoms with E-state index >= 15 is 0 Å². The lowest BCUT2D eigenvalue weighted by molar-refractivity contribution is 0.00368. The van der Waals surface area contributed by atoms with Crippen LogP contribution in [0.15, 0.2) is 18.2 Å². The summed E-state index contributed by atoms with van der Waals surface area (Å²) in [5.41, 5.74) is 0.986. The standard InChI is InChI=1S/C13H18ClNO2/c1-3-15(4-2)13-10-7-9(14)5-6-12(10)17-8-11(13)16/h5-7,11,13,16H,3-4,8H2,1-2H3. The molecule has 0 amide bonds. The minimum absolute atomic E-state index is 0.0209. The molecule has 17 heavy (non-hydrogen) atoms. The number of likely N-dealkylation sites (N-methyl/N-ethyl adjacent to an activating group) is 1. The molecule has 1 aliphatic rings. The van der Waals surface area contributed by atoms with Gasteiger partial charge in [-0.2, -0.15) is 0 Å². The predicted octanol–water partition coefficient (Wildman–Crippen LogP) is 2.48. The van der Waals surface area contributed by atoms with Crippen LogP contribution in [0.25, 0.3) is 0 Å². The first-order valence-corrected chi connectivity index (χ1v) is 6.39. The Morgan fingerprint density at radius 3 is 2.76 bits per heavy atom. The molecule has 1 heterocycles. The van der Waals surface area contributed by atoms with Crippen LogP contribution >= 0.6 is 11.6 Å². The number of rotatable bonds is 3. The lowest BCUT2D eigenvalue weighted by atomic mass is 9.96. The van der Waals surface area contributed by atoms with Crippen molar-refractivity contribution in [3.63, 3.8) is 0 Å². The van der Waals surface area contributed by atoms with Gasteiger partial charge in [-0.25, -0.2) is 0 Å². The average Bonchev–Trinajstić information content (AvgIpc) is 2.33. The lowest BCUT2D eigenvalue weighted by Gasteiger charge is -2.37. The molecule has 0 aromatic heterocycles. The van der Waals surface area contributed by atoms with Gasteiger partial charge in [0.1, 0.15) is 18.5 Å². The molecule has 2 atom stereocenters. The number of aliphatic hydroxyl groups excluding tert-OH is 1. The third-order valence-electron chi connectivity index (χ3n) is 3.27. The van der Waals surface area contributed by atoms with E-state index in [1.54, 1.807) is 0 Å². The number of benzene rings is 1. The van der Waals surface area contributed by atoms with Crippen LogP contribution in [0.5, 0.6) is 5.75 Å². The fourth-order valence-corrected chi connectivity index (χ4v) is 2.59. The van der Waals surface area contributed by atoms with Crippen LogP contribution in [-0.2, 0) is 0 Å². The molecule has 0 spiro atoms. The van der Waals surface area contributed by atoms with Gasteiger partial charge < -0.3 is 9.84 Å². The molecule has 1 aromatic carbocycles. The Labute approximate surface area is 107 Å². The normalized spacial score (nSPS) is 23.4. The van der Waals surface area contributed by atoms with Gasteiger partial charge in [-0.15, -0.1) is 0 Å². The predicted molar refractivity (Wildman–Crippen MR) is 68.6 cm³/mol. The summed E-state index contributed by atoms with van der Waals surface area (Å²) in [6.07, 6.45) is -0.499. The Balaban J connectivity index is 2.41. The second kappa shape index (κ2) is 5.25. The van der Waals surface area contributed by atoms with E-state index in [-0.39, 0.29) is 6.04 Å². The first-order valence-electron chi connectivity index (χ1n) is 6.01. The molecule has 1 aliphatic heterocycles. The molecule has 2 rings (SSSR count). The van der Waals surface area contributed by atoms with Gasteiger partial charge >= 0.3 is 0 Å². The summed E-state index contributed by atoms with van der Waals surface area (Å²) >= 11 is 6.03. The molecule has 0 aliphatic carbocycles. The van der Waals surface area contributed by atoms with Crippen LogP contribution in [0.2, 0.25) is 5.02 Å². The van der Waals surface area contributed by atoms with Crippen molar-refractivity contribution < 1.29 is 9.84 Å². The molecule has 0 saturated heterocycles. The van der Waals surface area contributed by atoms with E-state index in [1.165, 1.54) is 0 Å². The van der Waals surface area contributed by atoms with Crippen LogP contribution < -0.4 is 4.74 Å². The maximum atomic E-state index is 10.1. The SMILES string of the molecule is CCN(CC)C1c2cc(Cl)ccc2OCC1O. The van der Waals surface area contributed by atoms with Gasteiger partial charge in [0.25, 0.3) is 0 Å². The number of halogens is 1. The van der Waals surface area contributed by atoms with Gasteiger partial charge in [-0.1, -0.05) is 25.4 Å². The summed E-state index contributed by atoms with van der Waals surface area (Å²) in [6, 6.07) is 5.56. The van der Waals surface area contributed by atoms with Crippen LogP contribution in [0.3, 0.4) is 0 Å². The fraction of sp³-hybridized carbons (Fsp3) is 0.538. The van der Waals surface area contributed by atoms with Crippen molar-refractivity contribution in [1.29, 1.82) is 0 Å². The first kappa shape index (κ1) is 12.7. The second-order valence-corrected chi connectivity index (χ2v) is 4.66. The van der Waals surface area contributed by atoms with E-state index in [4.69, 9.17) is 16.3 Å². The van der Waals surface area contributed by atoms with Gasteiger partial charge in [-0.3, -0.25) is 4.90 Å². The minimum atomic E-state index is -0.499. The maximum absolute atomic E-state index is 10.1. The van der Waals surface area contributed by atoms with E-state index in [1.807, 2.05) is 18.2 Å². The molecule has 0 bridgehead atoms. The highest BCUT2D eigenvalue weighted by Gasteiger charge is 2.33. The summed E-state index contributed by atoms with van der Waals surface area (Å²) in [5, 5.41) is 10.8. The molecule has 1 aromatic rings. The monoisotopic (exact) mass is 255 g/mol. The van der Waals surface area contributed by atoms with Crippen molar-refractivity contribution in [1.82, 2.24) is 4.90 Å². The number of aliphatic hydroxyl groups is 1. The topological polar surface area (TPSA) is 32.7 Å². The van der Waals surface area contributed by atoms with Crippen molar-refractivity contribution in [3.8, 4) is 5.75 Å². The lowest BCUT2D eigenvalue weighted by Crippen LogP contribution is -2.42. The van der Waals surface area contributed by atoms with Gasteiger partial charge in [0.15, 0.2) is 0 Å². The summed E-state index contributed by atoms with van der Waals surface area (Å²) in [6.45, 7) is 6.32. The van der Waals surface area contributed by atoms with Crippen LogP contribution in [-0.4, -0.2) is 35.8 Å². The third-order valence-corrected chi connectivity index (χ3v) is 3.51. The van der Waals surface area contributed by atoms with Crippen LogP contribution in [0.4, 0.5) is 0 Å². The fourth-order valence-electron chi connectivity index (χ4n) is 2.41. The molecule has 1 N–H and O–H groups in total. The van der Waals surface area contributed by atoms with Crippen molar-refractivity contribution in [2.24, 2.45) is 0 Å². The number of hydrogen-bond acceptors (Lipinski definition) is 3. The van der Waals surface area contributed by atoms with Crippen molar-refractivity contribution in [2.75, 3.05) is 19.7 Å². The molecule has 0 fully saturated rings. The van der Waals surface area contributed by atoms with Crippen molar-refractivity contribution in [2.45, 2.75) is 26.0 Å². The zero-order valence-electron chi connectivity index (χ0n) is 10.2. The average molecular weight is 256 g/mol. The summed E-state index contributed by atoms with van der Waals surface area (Å²) < 4.78 is 5.52. The molecule has 0 radical (unpaired) electrons. The Morgan fingerprint density at radius 2 is 2.12 bits per heavy atom. The summed E-state index contributed by atoms with van der Waals surface area (Å²) in [4.78, 5) is 2.22. The molecule has 2 unspecified atom stereocenters. The Bertz CT molecular complexity index is 393. The second-order valence-electron chi connectivity index (χ2n) is 4.23. The minimum Gasteiger partial charge on any atom is -0.490 e. The van der Waals surface area contributed by atoms with Gasteiger partial charge in [0, 0.05) is 10.6 Å². The highest BCUT2D eigenvalue weighted by atomic mass is 35.5. The molecule has 3 nitrogen and oxygen atoms in total. The van der Waals surface area contributed by atoms with Gasteiger partial charge in [0.05, 0.1) is 6.04 Å². The Morgan fingerprint density at radius 1 is 1.41 bits per heavy atom. The van der Waals surface area contributed by atoms with E-state index in [0.29, 0.717) is 11.6 Å². The smallest absolute Gasteiger partial charge is 0.124 e. The zero-order chi connectivity index (χ0) is 12.4. The Hall–Kier alpha value is -0.770. The van der Waals surface area contributed by atoms with E-state index in [2.05, 4.69) is 18.7 Å². The summed E-state index contributed by atoms with van der Waals surface area (Å²) in [7, 11) is 0. The largest absolute Gasteiger partial charge is 0.490 e. The number of fused-ring (bicyclic) bond motifs is 1. The highest BCUT2D eigenvalue weighted by Crippen LogP contribution is 2.37. The quantitative estimate of drug-likeness (QED) is 0.901. The van der Waals surface area contributed by atoms with E-state index < -0.39 is 6.10 Å². The number of nitrogens with zero attached hydrogens (tertiary/aromatic N) is 1. The van der Waals surface area contributed by atoms with Crippen molar-refractivity contribution in [3.05, 3.63) is 28.8 Å². The maximum Gasteiger partial charge on any atom is 0.124 e. The van der Waals surface area contributed by atoms with E-state index in [0.717, 1.165) is 24.4 Å². The summed E-state index contributed by atoms with van der Waals surface area (Å²) in [5.74, 6) is 0.830. The third kappa shape index (κ3) is 2.41. The van der Waals surface area contributed by atoms with E-state index in [9.17, 15) is 5.11 Å². The zero-order valence-corrected chi connectivity index (χ0v) is 10.9. The molecule has 0 saturated carbocycles. The van der Waals surface area contributed by atoms with Crippen LogP contribution in [0, 0.1) is 0 Å². The molecular weight excluding hydrogens is 238 g/mol. The van der Waals surface area contributed by atoms with Crippen LogP contribution in [0.1, 0.15) is 25.5 Å². The first-order chi connectivity index (χ1) is 8.17. The molecule has 94 valence electrons. The van der Waals surface area contributed by atoms with Crippen molar-refractivity contribution >= 4 is 11.6 Å². The Kier molecular flexibility index (Phi) is 3.92. The molecule has 4 heteroatoms. The number of hydrogen-bond donors (Lipinski definition) is 1.